The van der Waals surface area contributed by atoms with Crippen molar-refractivity contribution < 1.29 is 9.53 Å². The molecule has 64 valence electrons. The molecule has 0 aromatic carbocycles. The Morgan fingerprint density at radius 2 is 2.36 bits per heavy atom. The SMILES string of the molecule is CNCN1CC(C)(C)OC1=O. The van der Waals surface area contributed by atoms with Gasteiger partial charge in [-0.15, -0.1) is 0 Å². The Kier molecular flexibility index (Phi) is 2.04. The minimum absolute atomic E-state index is 0.232. The zero-order valence-electron chi connectivity index (χ0n) is 7.18. The second-order valence-electron chi connectivity index (χ2n) is 3.34. The topological polar surface area (TPSA) is 41.6 Å². The lowest BCUT2D eigenvalue weighted by atomic mass is 10.1. The van der Waals surface area contributed by atoms with Crippen LogP contribution in [0.1, 0.15) is 13.8 Å². The zero-order valence-corrected chi connectivity index (χ0v) is 7.18. The fourth-order valence-electron chi connectivity index (χ4n) is 1.17. The van der Waals surface area contributed by atoms with Gasteiger partial charge in [-0.3, -0.25) is 4.90 Å². The largest absolute Gasteiger partial charge is 0.441 e. The van der Waals surface area contributed by atoms with Crippen LogP contribution in [0, 0.1) is 0 Å². The fourth-order valence-corrected chi connectivity index (χ4v) is 1.17. The summed E-state index contributed by atoms with van der Waals surface area (Å²) in [7, 11) is 1.80. The molecular weight excluding hydrogens is 144 g/mol. The number of rotatable bonds is 2. The Bertz CT molecular complexity index is 168. The summed E-state index contributed by atoms with van der Waals surface area (Å²) in [5.41, 5.74) is -0.325. The minimum Gasteiger partial charge on any atom is -0.441 e. The molecule has 0 aromatic rings. The van der Waals surface area contributed by atoms with Gasteiger partial charge in [0.25, 0.3) is 0 Å². The van der Waals surface area contributed by atoms with E-state index in [-0.39, 0.29) is 11.7 Å². The Balaban J connectivity index is 2.52. The lowest BCUT2D eigenvalue weighted by Gasteiger charge is -2.14. The third-order valence-electron chi connectivity index (χ3n) is 1.54. The van der Waals surface area contributed by atoms with Crippen molar-refractivity contribution in [1.82, 2.24) is 10.2 Å². The molecule has 11 heavy (non-hydrogen) atoms. The number of ether oxygens (including phenoxy) is 1. The van der Waals surface area contributed by atoms with Crippen molar-refractivity contribution in [3.63, 3.8) is 0 Å². The second kappa shape index (κ2) is 2.70. The number of hydrogen-bond donors (Lipinski definition) is 1. The highest BCUT2D eigenvalue weighted by atomic mass is 16.6. The maximum atomic E-state index is 11.0. The summed E-state index contributed by atoms with van der Waals surface area (Å²) in [5, 5.41) is 2.90. The second-order valence-corrected chi connectivity index (χ2v) is 3.34. The van der Waals surface area contributed by atoms with Gasteiger partial charge in [0, 0.05) is 0 Å². The van der Waals surface area contributed by atoms with Gasteiger partial charge >= 0.3 is 6.09 Å². The molecule has 0 aliphatic carbocycles. The first-order chi connectivity index (χ1) is 5.05. The summed E-state index contributed by atoms with van der Waals surface area (Å²) in [6.07, 6.45) is -0.232. The van der Waals surface area contributed by atoms with Gasteiger partial charge in [-0.2, -0.15) is 0 Å². The van der Waals surface area contributed by atoms with Crippen LogP contribution in [-0.2, 0) is 4.74 Å². The van der Waals surface area contributed by atoms with E-state index in [1.807, 2.05) is 13.8 Å². The van der Waals surface area contributed by atoms with Gasteiger partial charge < -0.3 is 10.1 Å². The predicted octanol–water partition coefficient (Wildman–Crippen LogP) is 0.394. The smallest absolute Gasteiger partial charge is 0.411 e. The van der Waals surface area contributed by atoms with E-state index in [2.05, 4.69) is 5.32 Å². The standard InChI is InChI=1S/C7H14N2O2/c1-7(2)4-9(5-8-3)6(10)11-7/h8H,4-5H2,1-3H3. The molecule has 4 nitrogen and oxygen atoms in total. The molecule has 1 rings (SSSR count). The average Bonchev–Trinajstić information content (AvgIpc) is 2.07. The van der Waals surface area contributed by atoms with E-state index in [0.29, 0.717) is 13.2 Å². The fraction of sp³-hybridized carbons (Fsp3) is 0.857. The van der Waals surface area contributed by atoms with Crippen LogP contribution in [0.2, 0.25) is 0 Å². The van der Waals surface area contributed by atoms with Gasteiger partial charge in [-0.1, -0.05) is 0 Å². The lowest BCUT2D eigenvalue weighted by molar-refractivity contribution is 0.0858. The first-order valence-corrected chi connectivity index (χ1v) is 3.68. The van der Waals surface area contributed by atoms with Gasteiger partial charge in [-0.25, -0.2) is 4.79 Å². The van der Waals surface area contributed by atoms with Crippen molar-refractivity contribution in [2.45, 2.75) is 19.4 Å². The number of cyclic esters (lactones) is 1. The first kappa shape index (κ1) is 8.33. The van der Waals surface area contributed by atoms with E-state index in [4.69, 9.17) is 4.74 Å². The third-order valence-corrected chi connectivity index (χ3v) is 1.54. The van der Waals surface area contributed by atoms with E-state index in [9.17, 15) is 4.79 Å². The molecule has 1 heterocycles. The van der Waals surface area contributed by atoms with E-state index < -0.39 is 0 Å². The summed E-state index contributed by atoms with van der Waals surface area (Å²) in [5.74, 6) is 0. The van der Waals surface area contributed by atoms with E-state index in [1.165, 1.54) is 0 Å². The van der Waals surface area contributed by atoms with Gasteiger partial charge in [0.05, 0.1) is 13.2 Å². The maximum Gasteiger partial charge on any atom is 0.411 e. The molecule has 0 radical (unpaired) electrons. The Hall–Kier alpha value is -0.770. The Morgan fingerprint density at radius 1 is 1.73 bits per heavy atom. The number of carbonyl (C=O) groups is 1. The summed E-state index contributed by atoms with van der Waals surface area (Å²) in [6, 6.07) is 0. The molecule has 1 saturated heterocycles. The Labute approximate surface area is 66.5 Å². The highest BCUT2D eigenvalue weighted by Crippen LogP contribution is 2.20. The van der Waals surface area contributed by atoms with Crippen LogP contribution < -0.4 is 5.32 Å². The number of amides is 1. The van der Waals surface area contributed by atoms with Crippen LogP contribution in [-0.4, -0.2) is 36.9 Å². The van der Waals surface area contributed by atoms with Crippen molar-refractivity contribution >= 4 is 6.09 Å². The summed E-state index contributed by atoms with van der Waals surface area (Å²) < 4.78 is 5.06. The zero-order chi connectivity index (χ0) is 8.48. The van der Waals surface area contributed by atoms with Gasteiger partial charge in [0.2, 0.25) is 0 Å². The molecule has 1 aliphatic rings. The summed E-state index contributed by atoms with van der Waals surface area (Å²) in [4.78, 5) is 12.7. The van der Waals surface area contributed by atoms with Gasteiger partial charge in [0.1, 0.15) is 5.60 Å². The number of carbonyl (C=O) groups excluding carboxylic acids is 1. The number of nitrogens with zero attached hydrogens (tertiary/aromatic N) is 1. The molecular formula is C7H14N2O2. The predicted molar refractivity (Wildman–Crippen MR) is 41.2 cm³/mol. The van der Waals surface area contributed by atoms with Crippen molar-refractivity contribution in [1.29, 1.82) is 0 Å². The van der Waals surface area contributed by atoms with Crippen LogP contribution in [0.15, 0.2) is 0 Å². The molecule has 1 amide bonds. The van der Waals surface area contributed by atoms with Crippen molar-refractivity contribution in [2.75, 3.05) is 20.3 Å². The van der Waals surface area contributed by atoms with E-state index in [0.717, 1.165) is 0 Å². The normalized spacial score (nSPS) is 22.1. The molecule has 0 aromatic heterocycles. The van der Waals surface area contributed by atoms with E-state index in [1.54, 1.807) is 11.9 Å². The minimum atomic E-state index is -0.325. The number of nitrogens with one attached hydrogen (secondary N) is 1. The van der Waals surface area contributed by atoms with Crippen LogP contribution in [0.3, 0.4) is 0 Å². The van der Waals surface area contributed by atoms with Crippen LogP contribution in [0.25, 0.3) is 0 Å². The number of hydrogen-bond acceptors (Lipinski definition) is 3. The van der Waals surface area contributed by atoms with Gasteiger partial charge in [-0.05, 0) is 20.9 Å². The summed E-state index contributed by atoms with van der Waals surface area (Å²) in [6.45, 7) is 5.02. The van der Waals surface area contributed by atoms with Crippen molar-refractivity contribution in [2.24, 2.45) is 0 Å². The third kappa shape index (κ3) is 1.83. The lowest BCUT2D eigenvalue weighted by Crippen LogP contribution is -2.34. The quantitative estimate of drug-likeness (QED) is 0.632. The van der Waals surface area contributed by atoms with Crippen LogP contribution in [0.5, 0.6) is 0 Å². The molecule has 0 atom stereocenters. The highest BCUT2D eigenvalue weighted by Gasteiger charge is 2.36. The molecule has 0 unspecified atom stereocenters. The van der Waals surface area contributed by atoms with Crippen LogP contribution in [0.4, 0.5) is 4.79 Å². The molecule has 0 bridgehead atoms. The summed E-state index contributed by atoms with van der Waals surface area (Å²) >= 11 is 0. The highest BCUT2D eigenvalue weighted by molar-refractivity contribution is 5.70. The molecule has 1 aliphatic heterocycles. The molecule has 1 fully saturated rings. The first-order valence-electron chi connectivity index (χ1n) is 3.68. The molecule has 4 heteroatoms. The Morgan fingerprint density at radius 3 is 2.73 bits per heavy atom. The molecule has 0 spiro atoms. The maximum absolute atomic E-state index is 11.0. The monoisotopic (exact) mass is 158 g/mol. The molecule has 0 saturated carbocycles. The van der Waals surface area contributed by atoms with Crippen molar-refractivity contribution in [3.8, 4) is 0 Å². The van der Waals surface area contributed by atoms with Crippen molar-refractivity contribution in [3.05, 3.63) is 0 Å². The van der Waals surface area contributed by atoms with Gasteiger partial charge in [0.15, 0.2) is 0 Å². The molecule has 1 N–H and O–H groups in total. The average molecular weight is 158 g/mol. The van der Waals surface area contributed by atoms with E-state index >= 15 is 0 Å². The van der Waals surface area contributed by atoms with Crippen LogP contribution >= 0.6 is 0 Å².